The maximum atomic E-state index is 10.8. The highest BCUT2D eigenvalue weighted by atomic mass is 16.4. The molecule has 0 heterocycles. The molecular formula is C11H15NO4. The molecule has 0 bridgehead atoms. The van der Waals surface area contributed by atoms with Gasteiger partial charge in [-0.15, -0.1) is 0 Å². The normalized spacial score (nSPS) is 14.5. The van der Waals surface area contributed by atoms with Crippen molar-refractivity contribution in [3.05, 3.63) is 34.9 Å². The van der Waals surface area contributed by atoms with Gasteiger partial charge in [-0.1, -0.05) is 6.07 Å². The lowest BCUT2D eigenvalue weighted by Gasteiger charge is -2.18. The van der Waals surface area contributed by atoms with Gasteiger partial charge >= 0.3 is 5.97 Å². The van der Waals surface area contributed by atoms with Crippen molar-refractivity contribution >= 4 is 5.97 Å². The lowest BCUT2D eigenvalue weighted by molar-refractivity contribution is 0.0239. The van der Waals surface area contributed by atoms with E-state index in [2.05, 4.69) is 0 Å². The molecule has 0 spiro atoms. The third-order valence-corrected chi connectivity index (χ3v) is 2.45. The number of carboxylic acid groups (broad SMARTS) is 1. The van der Waals surface area contributed by atoms with Crippen LogP contribution in [0, 0.1) is 6.92 Å². The maximum Gasteiger partial charge on any atom is 0.335 e. The molecule has 0 radical (unpaired) electrons. The van der Waals surface area contributed by atoms with Crippen molar-refractivity contribution in [1.29, 1.82) is 0 Å². The quantitative estimate of drug-likeness (QED) is 0.579. The van der Waals surface area contributed by atoms with Crippen LogP contribution in [0.15, 0.2) is 18.2 Å². The molecule has 0 amide bonds. The van der Waals surface area contributed by atoms with Crippen LogP contribution in [0.1, 0.15) is 27.6 Å². The van der Waals surface area contributed by atoms with Crippen LogP contribution >= 0.6 is 0 Å². The van der Waals surface area contributed by atoms with E-state index in [1.165, 1.54) is 12.1 Å². The number of hydrogen-bond donors (Lipinski definition) is 4. The zero-order chi connectivity index (χ0) is 12.3. The summed E-state index contributed by atoms with van der Waals surface area (Å²) in [7, 11) is 0. The number of aliphatic hydroxyl groups is 2. The summed E-state index contributed by atoms with van der Waals surface area (Å²) in [5, 5.41) is 28.0. The number of rotatable bonds is 4. The van der Waals surface area contributed by atoms with Crippen LogP contribution in [0.25, 0.3) is 0 Å². The molecule has 0 aliphatic heterocycles. The molecule has 1 aromatic carbocycles. The topological polar surface area (TPSA) is 104 Å². The molecular weight excluding hydrogens is 210 g/mol. The summed E-state index contributed by atoms with van der Waals surface area (Å²) in [5.41, 5.74) is 6.40. The molecule has 16 heavy (non-hydrogen) atoms. The number of hydrogen-bond acceptors (Lipinski definition) is 4. The van der Waals surface area contributed by atoms with Crippen molar-refractivity contribution in [1.82, 2.24) is 0 Å². The Morgan fingerprint density at radius 1 is 1.44 bits per heavy atom. The van der Waals surface area contributed by atoms with Crippen LogP contribution in [0.3, 0.4) is 0 Å². The molecule has 0 aromatic heterocycles. The number of aliphatic hydroxyl groups excluding tert-OH is 2. The zero-order valence-corrected chi connectivity index (χ0v) is 8.92. The van der Waals surface area contributed by atoms with Gasteiger partial charge in [0.05, 0.1) is 11.7 Å². The summed E-state index contributed by atoms with van der Waals surface area (Å²) in [4.78, 5) is 10.8. The molecule has 0 aliphatic rings. The first-order chi connectivity index (χ1) is 7.47. The number of benzene rings is 1. The van der Waals surface area contributed by atoms with Crippen molar-refractivity contribution in [2.24, 2.45) is 5.73 Å². The zero-order valence-electron chi connectivity index (χ0n) is 8.92. The fourth-order valence-corrected chi connectivity index (χ4v) is 1.43. The Kier molecular flexibility index (Phi) is 4.00. The molecule has 5 heteroatoms. The molecule has 88 valence electrons. The van der Waals surface area contributed by atoms with E-state index in [4.69, 9.17) is 10.8 Å². The summed E-state index contributed by atoms with van der Waals surface area (Å²) in [6.07, 6.45) is -2.26. The smallest absolute Gasteiger partial charge is 0.335 e. The fraction of sp³-hybridized carbons (Fsp3) is 0.364. The fourth-order valence-electron chi connectivity index (χ4n) is 1.43. The van der Waals surface area contributed by atoms with Crippen LogP contribution in [0.4, 0.5) is 0 Å². The Morgan fingerprint density at radius 2 is 2.06 bits per heavy atom. The summed E-state index contributed by atoms with van der Waals surface area (Å²) < 4.78 is 0. The lowest BCUT2D eigenvalue weighted by atomic mass is 9.97. The summed E-state index contributed by atoms with van der Waals surface area (Å²) in [6, 6.07) is 4.38. The average Bonchev–Trinajstić information content (AvgIpc) is 2.27. The number of aromatic carboxylic acids is 1. The van der Waals surface area contributed by atoms with Crippen LogP contribution in [-0.4, -0.2) is 33.9 Å². The third-order valence-electron chi connectivity index (χ3n) is 2.45. The van der Waals surface area contributed by atoms with Crippen molar-refractivity contribution in [3.8, 4) is 0 Å². The number of carbonyl (C=O) groups is 1. The molecule has 0 fully saturated rings. The first kappa shape index (κ1) is 12.6. The Labute approximate surface area is 93.1 Å². The van der Waals surface area contributed by atoms with Gasteiger partial charge in [0, 0.05) is 6.54 Å². The van der Waals surface area contributed by atoms with Gasteiger partial charge in [0.25, 0.3) is 0 Å². The van der Waals surface area contributed by atoms with Gasteiger partial charge < -0.3 is 21.1 Å². The molecule has 1 aromatic rings. The van der Waals surface area contributed by atoms with Gasteiger partial charge in [0.2, 0.25) is 0 Å². The van der Waals surface area contributed by atoms with Gasteiger partial charge in [-0.25, -0.2) is 4.79 Å². The van der Waals surface area contributed by atoms with Crippen molar-refractivity contribution in [3.63, 3.8) is 0 Å². The third kappa shape index (κ3) is 2.57. The Morgan fingerprint density at radius 3 is 2.56 bits per heavy atom. The molecule has 2 atom stereocenters. The van der Waals surface area contributed by atoms with Crippen LogP contribution in [-0.2, 0) is 0 Å². The monoisotopic (exact) mass is 225 g/mol. The predicted molar refractivity (Wildman–Crippen MR) is 58.2 cm³/mol. The Hall–Kier alpha value is -1.43. The standard InChI is InChI=1S/C11H15NO4/c1-6-2-3-7(11(15)16)4-8(6)10(14)9(13)5-12/h2-4,9-10,13-14H,5,12H2,1H3,(H,15,16). The van der Waals surface area contributed by atoms with E-state index in [1.807, 2.05) is 0 Å². The van der Waals surface area contributed by atoms with Crippen molar-refractivity contribution in [2.75, 3.05) is 6.54 Å². The van der Waals surface area contributed by atoms with E-state index >= 15 is 0 Å². The van der Waals surface area contributed by atoms with E-state index in [1.54, 1.807) is 13.0 Å². The van der Waals surface area contributed by atoms with Crippen molar-refractivity contribution in [2.45, 2.75) is 19.1 Å². The first-order valence-electron chi connectivity index (χ1n) is 4.87. The molecule has 0 saturated carbocycles. The Bertz CT molecular complexity index is 392. The van der Waals surface area contributed by atoms with Crippen LogP contribution < -0.4 is 5.73 Å². The summed E-state index contributed by atoms with van der Waals surface area (Å²) >= 11 is 0. The van der Waals surface area contributed by atoms with Gasteiger partial charge in [-0.2, -0.15) is 0 Å². The highest BCUT2D eigenvalue weighted by molar-refractivity contribution is 5.87. The maximum absolute atomic E-state index is 10.8. The van der Waals surface area contributed by atoms with Crippen molar-refractivity contribution < 1.29 is 20.1 Å². The van der Waals surface area contributed by atoms with E-state index < -0.39 is 18.2 Å². The summed E-state index contributed by atoms with van der Waals surface area (Å²) in [5.74, 6) is -1.07. The van der Waals surface area contributed by atoms with E-state index in [0.717, 1.165) is 0 Å². The number of aryl methyl sites for hydroxylation is 1. The molecule has 1 rings (SSSR count). The minimum atomic E-state index is -1.16. The Balaban J connectivity index is 3.11. The SMILES string of the molecule is Cc1ccc(C(=O)O)cc1C(O)C(O)CN. The van der Waals surface area contributed by atoms with Gasteiger partial charge in [0.15, 0.2) is 0 Å². The number of nitrogens with two attached hydrogens (primary N) is 1. The second kappa shape index (κ2) is 5.07. The molecule has 0 aliphatic carbocycles. The summed E-state index contributed by atoms with van der Waals surface area (Å²) in [6.45, 7) is 1.64. The minimum absolute atomic E-state index is 0.0730. The molecule has 2 unspecified atom stereocenters. The molecule has 5 N–H and O–H groups in total. The second-order valence-electron chi connectivity index (χ2n) is 3.62. The van der Waals surface area contributed by atoms with E-state index in [9.17, 15) is 15.0 Å². The highest BCUT2D eigenvalue weighted by Gasteiger charge is 2.19. The lowest BCUT2D eigenvalue weighted by Crippen LogP contribution is -2.27. The largest absolute Gasteiger partial charge is 0.478 e. The van der Waals surface area contributed by atoms with Gasteiger partial charge in [-0.3, -0.25) is 0 Å². The van der Waals surface area contributed by atoms with Crippen LogP contribution in [0.5, 0.6) is 0 Å². The molecule has 0 saturated heterocycles. The van der Waals surface area contributed by atoms with Gasteiger partial charge in [0.1, 0.15) is 6.10 Å². The van der Waals surface area contributed by atoms with Gasteiger partial charge in [-0.05, 0) is 30.2 Å². The van der Waals surface area contributed by atoms with E-state index in [0.29, 0.717) is 11.1 Å². The van der Waals surface area contributed by atoms with Crippen LogP contribution in [0.2, 0.25) is 0 Å². The second-order valence-corrected chi connectivity index (χ2v) is 3.62. The minimum Gasteiger partial charge on any atom is -0.478 e. The highest BCUT2D eigenvalue weighted by Crippen LogP contribution is 2.22. The average molecular weight is 225 g/mol. The molecule has 5 nitrogen and oxygen atoms in total. The first-order valence-corrected chi connectivity index (χ1v) is 4.87. The van der Waals surface area contributed by atoms with E-state index in [-0.39, 0.29) is 12.1 Å². The predicted octanol–water partition coefficient (Wildman–Crippen LogP) is 0.0462. The number of carboxylic acids is 1.